The van der Waals surface area contributed by atoms with Gasteiger partial charge in [0.25, 0.3) is 0 Å². The minimum absolute atomic E-state index is 0.0481. The lowest BCUT2D eigenvalue weighted by Gasteiger charge is -2.19. The summed E-state index contributed by atoms with van der Waals surface area (Å²) in [6.07, 6.45) is 50.3. The first-order valence-corrected chi connectivity index (χ1v) is 20.7. The van der Waals surface area contributed by atoms with Crippen molar-refractivity contribution in [1.82, 2.24) is 4.90 Å². The van der Waals surface area contributed by atoms with E-state index in [-0.39, 0.29) is 6.10 Å². The van der Waals surface area contributed by atoms with Gasteiger partial charge in [-0.2, -0.15) is 0 Å². The normalized spacial score (nSPS) is 13.1. The summed E-state index contributed by atoms with van der Waals surface area (Å²) in [7, 11) is 4.22. The van der Waals surface area contributed by atoms with Crippen molar-refractivity contribution in [2.75, 3.05) is 53.7 Å². The van der Waals surface area contributed by atoms with Gasteiger partial charge in [0.05, 0.1) is 13.2 Å². The zero-order chi connectivity index (χ0) is 34.9. The predicted octanol–water partition coefficient (Wildman–Crippen LogP) is 13.0. The summed E-state index contributed by atoms with van der Waals surface area (Å²) in [6, 6.07) is 0. The average Bonchev–Trinajstić information content (AvgIpc) is 3.08. The van der Waals surface area contributed by atoms with Crippen LogP contribution in [0.3, 0.4) is 0 Å². The Kier molecular flexibility index (Phi) is 40.9. The molecule has 0 radical (unpaired) electrons. The van der Waals surface area contributed by atoms with Gasteiger partial charge in [0.2, 0.25) is 0 Å². The van der Waals surface area contributed by atoms with E-state index < -0.39 is 0 Å². The Hall–Kier alpha value is -1.20. The molecule has 0 bridgehead atoms. The fraction of sp³-hybridized carbons (Fsp3) is 0.818. The zero-order valence-corrected chi connectivity index (χ0v) is 32.8. The summed E-state index contributed by atoms with van der Waals surface area (Å²) >= 11 is 0. The summed E-state index contributed by atoms with van der Waals surface area (Å²) in [5.41, 5.74) is 0. The number of rotatable bonds is 39. The molecule has 1 atom stereocenters. The van der Waals surface area contributed by atoms with Gasteiger partial charge in [-0.3, -0.25) is 0 Å². The largest absolute Gasteiger partial charge is 0.379 e. The monoisotopic (exact) mass is 674 g/mol. The van der Waals surface area contributed by atoms with Crippen molar-refractivity contribution in [3.8, 4) is 0 Å². The standard InChI is InChI=1S/C44H83NO3/c1-5-7-9-11-13-15-17-19-21-23-25-27-29-31-33-35-39-46-42-44(43-47-40-37-38-45(3)4)48-41-36-34-32-30-28-26-24-22-20-18-16-14-12-10-8-6-2/h13-16,19-22,44H,5-12,17-18,23-43H2,1-4H3/b15-13-,16-14-,21-19-,22-20-/t44-/m0/s1. The SMILES string of the molecule is CCCCC/C=C\C/C=C\CCCCCCCCOC[C@@H](COCCCN(C)C)OCCCCCCCC/C=C\C/C=C\CCCCC. The third-order valence-electron chi connectivity index (χ3n) is 8.69. The van der Waals surface area contributed by atoms with Gasteiger partial charge in [-0.1, -0.05) is 140 Å². The first-order chi connectivity index (χ1) is 23.7. The molecule has 0 fully saturated rings. The van der Waals surface area contributed by atoms with Gasteiger partial charge in [0.15, 0.2) is 0 Å². The fourth-order valence-electron chi connectivity index (χ4n) is 5.59. The Morgan fingerprint density at radius 1 is 0.417 bits per heavy atom. The molecule has 0 spiro atoms. The lowest BCUT2D eigenvalue weighted by molar-refractivity contribution is -0.0617. The molecule has 0 heterocycles. The summed E-state index contributed by atoms with van der Waals surface area (Å²) in [6.45, 7) is 9.31. The third-order valence-corrected chi connectivity index (χ3v) is 8.69. The first-order valence-electron chi connectivity index (χ1n) is 20.7. The maximum absolute atomic E-state index is 6.24. The number of unbranched alkanes of at least 4 members (excludes halogenated alkanes) is 18. The Labute approximate surface area is 301 Å². The molecule has 4 nitrogen and oxygen atoms in total. The molecule has 0 aromatic carbocycles. The van der Waals surface area contributed by atoms with Crippen LogP contribution in [0.1, 0.15) is 174 Å². The van der Waals surface area contributed by atoms with Gasteiger partial charge in [-0.15, -0.1) is 0 Å². The number of hydrogen-bond acceptors (Lipinski definition) is 4. The summed E-state index contributed by atoms with van der Waals surface area (Å²) in [5.74, 6) is 0. The third kappa shape index (κ3) is 41.0. The molecule has 48 heavy (non-hydrogen) atoms. The zero-order valence-electron chi connectivity index (χ0n) is 32.8. The topological polar surface area (TPSA) is 30.9 Å². The van der Waals surface area contributed by atoms with E-state index in [1.54, 1.807) is 0 Å². The molecule has 0 aliphatic heterocycles. The van der Waals surface area contributed by atoms with Crippen molar-refractivity contribution < 1.29 is 14.2 Å². The van der Waals surface area contributed by atoms with E-state index in [4.69, 9.17) is 14.2 Å². The van der Waals surface area contributed by atoms with E-state index >= 15 is 0 Å². The van der Waals surface area contributed by atoms with Crippen LogP contribution >= 0.6 is 0 Å². The second-order valence-electron chi connectivity index (χ2n) is 14.0. The molecule has 0 N–H and O–H groups in total. The van der Waals surface area contributed by atoms with Crippen molar-refractivity contribution in [2.45, 2.75) is 180 Å². The van der Waals surface area contributed by atoms with E-state index in [1.807, 2.05) is 0 Å². The maximum Gasteiger partial charge on any atom is 0.104 e. The van der Waals surface area contributed by atoms with E-state index in [1.165, 1.54) is 128 Å². The molecule has 0 aromatic heterocycles. The van der Waals surface area contributed by atoms with E-state index in [0.717, 1.165) is 58.5 Å². The quantitative estimate of drug-likeness (QED) is 0.0480. The number of nitrogens with zero attached hydrogens (tertiary/aromatic N) is 1. The van der Waals surface area contributed by atoms with Crippen LogP contribution in [0, 0.1) is 0 Å². The molecular formula is C44H83NO3. The van der Waals surface area contributed by atoms with Crippen molar-refractivity contribution in [3.63, 3.8) is 0 Å². The molecule has 0 rings (SSSR count). The number of hydrogen-bond donors (Lipinski definition) is 0. The molecule has 0 unspecified atom stereocenters. The summed E-state index contributed by atoms with van der Waals surface area (Å²) < 4.78 is 18.3. The molecular weight excluding hydrogens is 590 g/mol. The maximum atomic E-state index is 6.24. The molecule has 0 saturated carbocycles. The molecule has 0 aromatic rings. The van der Waals surface area contributed by atoms with Crippen molar-refractivity contribution in [2.24, 2.45) is 0 Å². The first kappa shape index (κ1) is 46.8. The fourth-order valence-corrected chi connectivity index (χ4v) is 5.59. The van der Waals surface area contributed by atoms with Gasteiger partial charge < -0.3 is 19.1 Å². The van der Waals surface area contributed by atoms with Crippen LogP contribution in [-0.2, 0) is 14.2 Å². The van der Waals surface area contributed by atoms with Gasteiger partial charge in [-0.25, -0.2) is 0 Å². The van der Waals surface area contributed by atoms with Gasteiger partial charge >= 0.3 is 0 Å². The highest BCUT2D eigenvalue weighted by Gasteiger charge is 2.10. The smallest absolute Gasteiger partial charge is 0.104 e. The van der Waals surface area contributed by atoms with Gasteiger partial charge in [0.1, 0.15) is 6.10 Å². The van der Waals surface area contributed by atoms with Crippen LogP contribution in [0.2, 0.25) is 0 Å². The van der Waals surface area contributed by atoms with Crippen LogP contribution in [0.4, 0.5) is 0 Å². The molecule has 282 valence electrons. The lowest BCUT2D eigenvalue weighted by atomic mass is 10.1. The lowest BCUT2D eigenvalue weighted by Crippen LogP contribution is -2.27. The highest BCUT2D eigenvalue weighted by atomic mass is 16.6. The molecule has 0 aliphatic rings. The average molecular weight is 674 g/mol. The summed E-state index contributed by atoms with van der Waals surface area (Å²) in [4.78, 5) is 2.21. The van der Waals surface area contributed by atoms with Crippen molar-refractivity contribution >= 4 is 0 Å². The minimum atomic E-state index is 0.0481. The van der Waals surface area contributed by atoms with Crippen molar-refractivity contribution in [1.29, 1.82) is 0 Å². The molecule has 0 aliphatic carbocycles. The highest BCUT2D eigenvalue weighted by Crippen LogP contribution is 2.11. The second-order valence-corrected chi connectivity index (χ2v) is 14.0. The van der Waals surface area contributed by atoms with Crippen LogP contribution in [0.5, 0.6) is 0 Å². The highest BCUT2D eigenvalue weighted by molar-refractivity contribution is 4.93. The van der Waals surface area contributed by atoms with E-state index in [0.29, 0.717) is 13.2 Å². The molecule has 0 saturated heterocycles. The Bertz CT molecular complexity index is 714. The minimum Gasteiger partial charge on any atom is -0.379 e. The predicted molar refractivity (Wildman–Crippen MR) is 213 cm³/mol. The van der Waals surface area contributed by atoms with Gasteiger partial charge in [-0.05, 0) is 104 Å². The van der Waals surface area contributed by atoms with Crippen LogP contribution in [-0.4, -0.2) is 64.7 Å². The van der Waals surface area contributed by atoms with Crippen LogP contribution in [0.15, 0.2) is 48.6 Å². The van der Waals surface area contributed by atoms with E-state index in [9.17, 15) is 0 Å². The Morgan fingerprint density at radius 3 is 1.23 bits per heavy atom. The van der Waals surface area contributed by atoms with Gasteiger partial charge in [0, 0.05) is 19.8 Å². The molecule has 4 heteroatoms. The number of allylic oxidation sites excluding steroid dienone is 8. The van der Waals surface area contributed by atoms with Crippen LogP contribution in [0.25, 0.3) is 0 Å². The Morgan fingerprint density at radius 2 is 0.792 bits per heavy atom. The number of ether oxygens (including phenoxy) is 3. The summed E-state index contributed by atoms with van der Waals surface area (Å²) in [5, 5.41) is 0. The van der Waals surface area contributed by atoms with E-state index in [2.05, 4.69) is 81.5 Å². The van der Waals surface area contributed by atoms with Crippen molar-refractivity contribution in [3.05, 3.63) is 48.6 Å². The Balaban J connectivity index is 3.84. The second kappa shape index (κ2) is 42.0. The van der Waals surface area contributed by atoms with Crippen LogP contribution < -0.4 is 0 Å². The molecule has 0 amide bonds.